The van der Waals surface area contributed by atoms with Gasteiger partial charge >= 0.3 is 5.97 Å². The molecule has 1 fully saturated rings. The molecule has 2 heterocycles. The third kappa shape index (κ3) is 7.43. The van der Waals surface area contributed by atoms with Crippen LogP contribution in [0.4, 0.5) is 0 Å². The van der Waals surface area contributed by atoms with E-state index < -0.39 is 22.1 Å². The summed E-state index contributed by atoms with van der Waals surface area (Å²) >= 11 is 1.32. The van der Waals surface area contributed by atoms with E-state index in [-0.39, 0.29) is 11.5 Å². The first-order valence-corrected chi connectivity index (χ1v) is 13.5. The van der Waals surface area contributed by atoms with Gasteiger partial charge in [0.15, 0.2) is 0 Å². The zero-order chi connectivity index (χ0) is 23.7. The molecule has 0 saturated carbocycles. The van der Waals surface area contributed by atoms with Crippen LogP contribution in [0.25, 0.3) is 0 Å². The lowest BCUT2D eigenvalue weighted by atomic mass is 10.2. The van der Waals surface area contributed by atoms with E-state index in [1.54, 1.807) is 47.6 Å². The Morgan fingerprint density at radius 2 is 1.82 bits per heavy atom. The molecular formula is C23H30N2O6S2. The van der Waals surface area contributed by atoms with Crippen LogP contribution in [0, 0.1) is 0 Å². The van der Waals surface area contributed by atoms with Gasteiger partial charge in [0.2, 0.25) is 10.0 Å². The van der Waals surface area contributed by atoms with Crippen LogP contribution in [0.2, 0.25) is 0 Å². The van der Waals surface area contributed by atoms with Crippen molar-refractivity contribution in [3.63, 3.8) is 0 Å². The summed E-state index contributed by atoms with van der Waals surface area (Å²) in [6, 6.07) is 9.76. The number of esters is 1. The molecule has 1 atom stereocenters. The normalized spacial score (nSPS) is 16.1. The van der Waals surface area contributed by atoms with E-state index >= 15 is 0 Å². The number of aliphatic hydroxyl groups excluding tert-OH is 1. The molecule has 8 nitrogen and oxygen atoms in total. The maximum absolute atomic E-state index is 12.8. The van der Waals surface area contributed by atoms with Crippen molar-refractivity contribution in [3.05, 3.63) is 48.2 Å². The number of aromatic nitrogens is 1. The monoisotopic (exact) mass is 494 g/mol. The fourth-order valence-corrected chi connectivity index (χ4v) is 5.57. The summed E-state index contributed by atoms with van der Waals surface area (Å²) < 4.78 is 37.7. The number of thioether (sulfide) groups is 1. The number of ether oxygens (including phenoxy) is 2. The molecule has 1 unspecified atom stereocenters. The summed E-state index contributed by atoms with van der Waals surface area (Å²) in [6.45, 7) is 3.24. The van der Waals surface area contributed by atoms with Crippen molar-refractivity contribution in [2.24, 2.45) is 0 Å². The van der Waals surface area contributed by atoms with E-state index in [2.05, 4.69) is 4.98 Å². The lowest BCUT2D eigenvalue weighted by molar-refractivity contribution is 0.0526. The van der Waals surface area contributed by atoms with Crippen LogP contribution in [-0.2, 0) is 14.8 Å². The van der Waals surface area contributed by atoms with Gasteiger partial charge in [0.05, 0.1) is 23.3 Å². The van der Waals surface area contributed by atoms with Crippen molar-refractivity contribution in [2.45, 2.75) is 48.6 Å². The van der Waals surface area contributed by atoms with Gasteiger partial charge in [-0.15, -0.1) is 11.8 Å². The topological polar surface area (TPSA) is 106 Å². The minimum absolute atomic E-state index is 0.0766. The largest absolute Gasteiger partial charge is 0.491 e. The second-order valence-corrected chi connectivity index (χ2v) is 10.6. The number of sulfonamides is 1. The Balaban J connectivity index is 1.46. The zero-order valence-electron chi connectivity index (χ0n) is 18.7. The maximum atomic E-state index is 12.8. The predicted octanol–water partition coefficient (Wildman–Crippen LogP) is 3.36. The van der Waals surface area contributed by atoms with Gasteiger partial charge in [-0.2, -0.15) is 4.31 Å². The number of carbonyl (C=O) groups excluding carboxylic acids is 1. The summed E-state index contributed by atoms with van der Waals surface area (Å²) in [5.41, 5.74) is 0.438. The van der Waals surface area contributed by atoms with Gasteiger partial charge in [0.1, 0.15) is 17.3 Å². The van der Waals surface area contributed by atoms with Crippen LogP contribution in [0.5, 0.6) is 5.75 Å². The molecule has 2 aromatic rings. The molecule has 0 amide bonds. The first kappa shape index (κ1) is 25.5. The molecule has 1 aliphatic heterocycles. The number of aliphatic hydroxyl groups is 1. The highest BCUT2D eigenvalue weighted by Crippen LogP contribution is 2.23. The Morgan fingerprint density at radius 3 is 2.42 bits per heavy atom. The van der Waals surface area contributed by atoms with Gasteiger partial charge in [-0.05, 0) is 56.2 Å². The highest BCUT2D eigenvalue weighted by molar-refractivity contribution is 7.99. The minimum Gasteiger partial charge on any atom is -0.491 e. The van der Waals surface area contributed by atoms with Crippen molar-refractivity contribution >= 4 is 27.8 Å². The van der Waals surface area contributed by atoms with Gasteiger partial charge < -0.3 is 14.6 Å². The van der Waals surface area contributed by atoms with Gasteiger partial charge in [-0.3, -0.25) is 0 Å². The first-order valence-electron chi connectivity index (χ1n) is 11.1. The number of rotatable bonds is 10. The Hall–Kier alpha value is -2.14. The summed E-state index contributed by atoms with van der Waals surface area (Å²) in [7, 11) is -3.52. The molecule has 1 saturated heterocycles. The lowest BCUT2D eigenvalue weighted by Gasteiger charge is -2.19. The lowest BCUT2D eigenvalue weighted by Crippen LogP contribution is -2.32. The van der Waals surface area contributed by atoms with Crippen molar-refractivity contribution in [2.75, 3.05) is 32.1 Å². The molecule has 10 heteroatoms. The van der Waals surface area contributed by atoms with Gasteiger partial charge in [0.25, 0.3) is 0 Å². The molecule has 1 aromatic carbocycles. The summed E-state index contributed by atoms with van der Waals surface area (Å²) in [5.74, 6) is 0.484. The van der Waals surface area contributed by atoms with Crippen LogP contribution in [0.3, 0.4) is 0 Å². The van der Waals surface area contributed by atoms with E-state index in [0.717, 1.165) is 25.7 Å². The Labute approximate surface area is 199 Å². The number of hydrogen-bond donors (Lipinski definition) is 1. The average molecular weight is 495 g/mol. The van der Waals surface area contributed by atoms with E-state index in [4.69, 9.17) is 9.47 Å². The molecular weight excluding hydrogens is 464 g/mol. The van der Waals surface area contributed by atoms with Crippen LogP contribution in [-0.4, -0.2) is 66.9 Å². The van der Waals surface area contributed by atoms with Gasteiger partial charge in [-0.1, -0.05) is 12.8 Å². The highest BCUT2D eigenvalue weighted by atomic mass is 32.2. The third-order valence-electron chi connectivity index (χ3n) is 5.14. The second-order valence-electron chi connectivity index (χ2n) is 7.67. The van der Waals surface area contributed by atoms with E-state index in [1.807, 2.05) is 0 Å². The molecule has 180 valence electrons. The van der Waals surface area contributed by atoms with Gasteiger partial charge in [-0.25, -0.2) is 18.2 Å². The molecule has 0 spiro atoms. The number of hydrogen-bond acceptors (Lipinski definition) is 8. The smallest absolute Gasteiger partial charge is 0.338 e. The van der Waals surface area contributed by atoms with Crippen molar-refractivity contribution in [3.8, 4) is 5.75 Å². The summed E-state index contributed by atoms with van der Waals surface area (Å²) in [4.78, 5) is 16.1. The molecule has 0 bridgehead atoms. The quantitative estimate of drug-likeness (QED) is 0.396. The van der Waals surface area contributed by atoms with Crippen molar-refractivity contribution in [1.29, 1.82) is 0 Å². The number of pyridine rings is 1. The van der Waals surface area contributed by atoms with E-state index in [0.29, 0.717) is 41.8 Å². The SMILES string of the molecule is CCOC(=O)c1ccc(OCC(O)CSc2ccc(S(=O)(=O)N3CCCCCC3)cn2)cc1. The molecule has 0 aliphatic carbocycles. The van der Waals surface area contributed by atoms with Crippen molar-refractivity contribution < 1.29 is 27.8 Å². The predicted molar refractivity (Wildman–Crippen MR) is 126 cm³/mol. The van der Waals surface area contributed by atoms with E-state index in [1.165, 1.54) is 18.0 Å². The molecule has 1 N–H and O–H groups in total. The molecule has 33 heavy (non-hydrogen) atoms. The average Bonchev–Trinajstić information content (AvgIpc) is 3.12. The number of carbonyl (C=O) groups is 1. The Bertz CT molecular complexity index is 989. The molecule has 1 aliphatic rings. The Kier molecular flexibility index (Phi) is 9.54. The Morgan fingerprint density at radius 1 is 1.12 bits per heavy atom. The molecule has 3 rings (SSSR count). The standard InChI is InChI=1S/C23H30N2O6S2/c1-2-30-23(27)18-7-9-20(10-8-18)31-16-19(26)17-32-22-12-11-21(15-24-22)33(28,29)25-13-5-3-4-6-14-25/h7-12,15,19,26H,2-6,13-14,16-17H2,1H3. The summed E-state index contributed by atoms with van der Waals surface area (Å²) in [6.07, 6.45) is 4.53. The number of benzene rings is 1. The zero-order valence-corrected chi connectivity index (χ0v) is 20.3. The fraction of sp³-hybridized carbons (Fsp3) is 0.478. The van der Waals surface area contributed by atoms with E-state index in [9.17, 15) is 18.3 Å². The number of nitrogens with zero attached hydrogens (tertiary/aromatic N) is 2. The van der Waals surface area contributed by atoms with Crippen LogP contribution >= 0.6 is 11.8 Å². The van der Waals surface area contributed by atoms with Crippen LogP contribution in [0.1, 0.15) is 43.0 Å². The fourth-order valence-electron chi connectivity index (χ4n) is 3.36. The molecule has 0 radical (unpaired) electrons. The van der Waals surface area contributed by atoms with Crippen LogP contribution < -0.4 is 4.74 Å². The third-order valence-corrected chi connectivity index (χ3v) is 8.11. The van der Waals surface area contributed by atoms with Crippen LogP contribution in [0.15, 0.2) is 52.5 Å². The van der Waals surface area contributed by atoms with Gasteiger partial charge in [0, 0.05) is 25.0 Å². The maximum Gasteiger partial charge on any atom is 0.338 e. The highest BCUT2D eigenvalue weighted by Gasteiger charge is 2.25. The second kappa shape index (κ2) is 12.4. The first-order chi connectivity index (χ1) is 15.9. The minimum atomic E-state index is -3.52. The van der Waals surface area contributed by atoms with Crippen molar-refractivity contribution in [1.82, 2.24) is 9.29 Å². The molecule has 1 aromatic heterocycles. The summed E-state index contributed by atoms with van der Waals surface area (Å²) in [5, 5.41) is 10.8.